The maximum atomic E-state index is 13.6. The number of halogens is 3. The van der Waals surface area contributed by atoms with Crippen molar-refractivity contribution in [1.82, 2.24) is 14.5 Å². The fraction of sp³-hybridized carbons (Fsp3) is 0.286. The number of nitrogens with zero attached hydrogens (tertiary/aromatic N) is 2. The second kappa shape index (κ2) is 11.7. The van der Waals surface area contributed by atoms with Gasteiger partial charge in [-0.15, -0.1) is 0 Å². The quantitative estimate of drug-likeness (QED) is 0.333. The first-order chi connectivity index (χ1) is 18.8. The molecule has 0 bridgehead atoms. The van der Waals surface area contributed by atoms with Crippen LogP contribution in [-0.4, -0.2) is 48.7 Å². The van der Waals surface area contributed by atoms with Crippen LogP contribution < -0.4 is 10.1 Å². The summed E-state index contributed by atoms with van der Waals surface area (Å²) in [6.07, 6.45) is -4.47. The molecule has 1 saturated heterocycles. The first-order valence-corrected chi connectivity index (χ1v) is 13.9. The van der Waals surface area contributed by atoms with E-state index in [1.807, 2.05) is 19.9 Å². The molecule has 1 N–H and O–H groups in total. The number of rotatable bonds is 10. The zero-order chi connectivity index (χ0) is 29.1. The Labute approximate surface area is 230 Å². The molecule has 0 aliphatic carbocycles. The Hall–Kier alpha value is -3.90. The van der Waals surface area contributed by atoms with Crippen LogP contribution in [-0.2, 0) is 27.5 Å². The van der Waals surface area contributed by atoms with Gasteiger partial charge in [-0.25, -0.2) is 13.2 Å². The molecule has 0 radical (unpaired) electrons. The lowest BCUT2D eigenvalue weighted by Gasteiger charge is -2.26. The van der Waals surface area contributed by atoms with E-state index >= 15 is 0 Å². The first kappa shape index (κ1) is 29.1. The van der Waals surface area contributed by atoms with E-state index in [1.54, 1.807) is 24.3 Å². The molecule has 1 heterocycles. The van der Waals surface area contributed by atoms with Crippen molar-refractivity contribution in [2.24, 2.45) is 5.92 Å². The minimum atomic E-state index is -4.47. The second-order valence-electron chi connectivity index (χ2n) is 9.72. The molecule has 1 aliphatic heterocycles. The number of benzene rings is 3. The van der Waals surface area contributed by atoms with Gasteiger partial charge < -0.3 is 10.1 Å². The molecule has 3 aromatic rings. The topological polar surface area (TPSA) is 96.0 Å². The number of carbonyl (C=O) groups excluding carboxylic acids is 2. The molecular weight excluding hydrogens is 547 g/mol. The van der Waals surface area contributed by atoms with Crippen molar-refractivity contribution < 1.29 is 35.9 Å². The summed E-state index contributed by atoms with van der Waals surface area (Å²) in [5, 5.41) is 2.59. The zero-order valence-corrected chi connectivity index (χ0v) is 22.6. The minimum absolute atomic E-state index is 0.0640. The van der Waals surface area contributed by atoms with Gasteiger partial charge >= 0.3 is 12.2 Å². The molecule has 212 valence electrons. The van der Waals surface area contributed by atoms with Crippen molar-refractivity contribution in [3.05, 3.63) is 90.0 Å². The Kier molecular flexibility index (Phi) is 8.50. The van der Waals surface area contributed by atoms with Crippen LogP contribution in [0.3, 0.4) is 0 Å². The van der Waals surface area contributed by atoms with Crippen molar-refractivity contribution in [3.8, 4) is 11.5 Å². The highest BCUT2D eigenvalue weighted by Gasteiger charge is 2.41. The van der Waals surface area contributed by atoms with Crippen LogP contribution in [0, 0.1) is 5.92 Å². The SMILES string of the molecule is CC(C)CN(CC1NC(=O)N(Cc2ccccc2)C1=O)S(=O)(=O)c1ccc(Oc2ccc(C(F)(F)F)cc2)cc1. The van der Waals surface area contributed by atoms with Crippen molar-refractivity contribution in [2.45, 2.75) is 37.5 Å². The first-order valence-electron chi connectivity index (χ1n) is 12.5. The van der Waals surface area contributed by atoms with Crippen LogP contribution in [0.2, 0.25) is 0 Å². The Morgan fingerprint density at radius 2 is 1.50 bits per heavy atom. The van der Waals surface area contributed by atoms with E-state index in [0.717, 1.165) is 26.9 Å². The van der Waals surface area contributed by atoms with Gasteiger partial charge in [0.05, 0.1) is 17.0 Å². The number of ether oxygens (including phenoxy) is 1. The largest absolute Gasteiger partial charge is 0.457 e. The molecule has 8 nitrogen and oxygen atoms in total. The zero-order valence-electron chi connectivity index (χ0n) is 21.8. The van der Waals surface area contributed by atoms with Crippen molar-refractivity contribution in [1.29, 1.82) is 0 Å². The van der Waals surface area contributed by atoms with Gasteiger partial charge in [-0.05, 0) is 60.0 Å². The summed E-state index contributed by atoms with van der Waals surface area (Å²) in [6, 6.07) is 16.9. The summed E-state index contributed by atoms with van der Waals surface area (Å²) in [5.74, 6) is -0.215. The average molecular weight is 576 g/mol. The van der Waals surface area contributed by atoms with Crippen LogP contribution in [0.1, 0.15) is 25.0 Å². The highest BCUT2D eigenvalue weighted by Crippen LogP contribution is 2.32. The molecule has 1 unspecified atom stereocenters. The van der Waals surface area contributed by atoms with Gasteiger partial charge in [0, 0.05) is 13.1 Å². The molecule has 3 aromatic carbocycles. The van der Waals surface area contributed by atoms with E-state index < -0.39 is 39.7 Å². The molecule has 1 aliphatic rings. The summed E-state index contributed by atoms with van der Waals surface area (Å²) >= 11 is 0. The maximum absolute atomic E-state index is 13.6. The van der Waals surface area contributed by atoms with Gasteiger partial charge in [0.2, 0.25) is 10.0 Å². The lowest BCUT2D eigenvalue weighted by molar-refractivity contribution is -0.137. The molecule has 1 fully saturated rings. The van der Waals surface area contributed by atoms with E-state index in [-0.39, 0.29) is 41.9 Å². The van der Waals surface area contributed by atoms with Gasteiger partial charge in [-0.3, -0.25) is 9.69 Å². The third-order valence-corrected chi connectivity index (χ3v) is 7.97. The van der Waals surface area contributed by atoms with E-state index in [1.165, 1.54) is 36.4 Å². The molecule has 1 atom stereocenters. The molecule has 0 aromatic heterocycles. The molecule has 3 amide bonds. The Balaban J connectivity index is 1.48. The summed E-state index contributed by atoms with van der Waals surface area (Å²) in [4.78, 5) is 26.6. The van der Waals surface area contributed by atoms with Gasteiger partial charge in [-0.2, -0.15) is 17.5 Å². The number of hydrogen-bond acceptors (Lipinski definition) is 5. The lowest BCUT2D eigenvalue weighted by Crippen LogP contribution is -2.45. The Bertz CT molecular complexity index is 1450. The van der Waals surface area contributed by atoms with Crippen molar-refractivity contribution in [3.63, 3.8) is 0 Å². The van der Waals surface area contributed by atoms with Crippen LogP contribution in [0.25, 0.3) is 0 Å². The number of urea groups is 1. The molecule has 12 heteroatoms. The van der Waals surface area contributed by atoms with Gasteiger partial charge in [-0.1, -0.05) is 44.2 Å². The summed E-state index contributed by atoms with van der Waals surface area (Å²) < 4.78 is 72.2. The van der Waals surface area contributed by atoms with Crippen molar-refractivity contribution in [2.75, 3.05) is 13.1 Å². The Morgan fingerprint density at radius 1 is 0.925 bits per heavy atom. The normalized spacial score (nSPS) is 16.1. The molecule has 40 heavy (non-hydrogen) atoms. The molecule has 4 rings (SSSR count). The van der Waals surface area contributed by atoms with E-state index in [9.17, 15) is 31.2 Å². The van der Waals surface area contributed by atoms with Crippen LogP contribution in [0.4, 0.5) is 18.0 Å². The average Bonchev–Trinajstić information content (AvgIpc) is 3.16. The van der Waals surface area contributed by atoms with E-state index in [4.69, 9.17) is 4.74 Å². The predicted molar refractivity (Wildman–Crippen MR) is 141 cm³/mol. The van der Waals surface area contributed by atoms with Crippen LogP contribution in [0.15, 0.2) is 83.8 Å². The van der Waals surface area contributed by atoms with Crippen molar-refractivity contribution >= 4 is 22.0 Å². The van der Waals surface area contributed by atoms with Crippen LogP contribution in [0.5, 0.6) is 11.5 Å². The third-order valence-electron chi connectivity index (χ3n) is 6.12. The highest BCUT2D eigenvalue weighted by atomic mass is 32.2. The smallest absolute Gasteiger partial charge is 0.416 e. The number of imide groups is 1. The van der Waals surface area contributed by atoms with Gasteiger partial charge in [0.1, 0.15) is 17.5 Å². The molecular formula is C28H28F3N3O5S. The lowest BCUT2D eigenvalue weighted by atomic mass is 10.2. The van der Waals surface area contributed by atoms with Gasteiger partial charge in [0.15, 0.2) is 0 Å². The highest BCUT2D eigenvalue weighted by molar-refractivity contribution is 7.89. The molecule has 0 saturated carbocycles. The predicted octanol–water partition coefficient (Wildman–Crippen LogP) is 5.27. The third kappa shape index (κ3) is 6.80. The fourth-order valence-corrected chi connectivity index (χ4v) is 5.79. The number of sulfonamides is 1. The number of amides is 3. The number of carbonyl (C=O) groups is 2. The fourth-order valence-electron chi connectivity index (χ4n) is 4.17. The molecule has 0 spiro atoms. The summed E-state index contributed by atoms with van der Waals surface area (Å²) in [5.41, 5.74) is -0.0523. The van der Waals surface area contributed by atoms with Gasteiger partial charge in [0.25, 0.3) is 5.91 Å². The van der Waals surface area contributed by atoms with Crippen LogP contribution >= 0.6 is 0 Å². The summed E-state index contributed by atoms with van der Waals surface area (Å²) in [7, 11) is -4.08. The monoisotopic (exact) mass is 575 g/mol. The minimum Gasteiger partial charge on any atom is -0.457 e. The number of alkyl halides is 3. The standard InChI is InChI=1S/C28H28F3N3O5S/c1-19(2)16-33(18-25-26(35)34(27(36)32-25)17-20-6-4-3-5-7-20)40(37,38)24-14-12-23(13-15-24)39-22-10-8-21(9-11-22)28(29,30)31/h3-15,19,25H,16-18H2,1-2H3,(H,32,36). The summed E-state index contributed by atoms with van der Waals surface area (Å²) in [6.45, 7) is 3.59. The number of hydrogen-bond donors (Lipinski definition) is 1. The van der Waals surface area contributed by atoms with E-state index in [0.29, 0.717) is 0 Å². The van der Waals surface area contributed by atoms with E-state index in [2.05, 4.69) is 5.32 Å². The Morgan fingerprint density at radius 3 is 2.05 bits per heavy atom. The number of nitrogens with one attached hydrogen (secondary N) is 1. The second-order valence-corrected chi connectivity index (χ2v) is 11.7. The maximum Gasteiger partial charge on any atom is 0.416 e.